The van der Waals surface area contributed by atoms with Crippen molar-refractivity contribution >= 4 is 23.5 Å². The van der Waals surface area contributed by atoms with Gasteiger partial charge in [-0.05, 0) is 30.7 Å². The number of esters is 1. The van der Waals surface area contributed by atoms with Gasteiger partial charge >= 0.3 is 5.97 Å². The molecule has 0 N–H and O–H groups in total. The molecule has 0 radical (unpaired) electrons. The summed E-state index contributed by atoms with van der Waals surface area (Å²) in [6.45, 7) is 4.87. The minimum atomic E-state index is -0.426. The van der Waals surface area contributed by atoms with E-state index < -0.39 is 12.0 Å². The van der Waals surface area contributed by atoms with Crippen molar-refractivity contribution in [2.75, 3.05) is 37.8 Å². The van der Waals surface area contributed by atoms with Gasteiger partial charge in [-0.3, -0.25) is 14.5 Å². The van der Waals surface area contributed by atoms with Crippen molar-refractivity contribution in [3.05, 3.63) is 29.8 Å². The molecule has 26 heavy (non-hydrogen) atoms. The van der Waals surface area contributed by atoms with Crippen LogP contribution in [0.2, 0.25) is 0 Å². The standard InChI is InChI=1S/C19H24N2O5/c1-2-3-10-26-19(24)14-4-6-15(7-5-14)21-17(22)13-16(18(21)23)20-8-11-25-12-9-20/h4-7,16H,2-3,8-13H2,1H3/t16-/m1/s1. The number of hydrogen-bond acceptors (Lipinski definition) is 6. The molecular formula is C19H24N2O5. The van der Waals surface area contributed by atoms with Gasteiger partial charge in [-0.2, -0.15) is 0 Å². The van der Waals surface area contributed by atoms with E-state index in [1.807, 2.05) is 11.8 Å². The number of ether oxygens (including phenoxy) is 2. The first kappa shape index (κ1) is 18.5. The van der Waals surface area contributed by atoms with Gasteiger partial charge in [-0.1, -0.05) is 13.3 Å². The highest BCUT2D eigenvalue weighted by Crippen LogP contribution is 2.26. The zero-order chi connectivity index (χ0) is 18.5. The van der Waals surface area contributed by atoms with E-state index in [9.17, 15) is 14.4 Å². The number of carbonyl (C=O) groups excluding carboxylic acids is 3. The lowest BCUT2D eigenvalue weighted by Crippen LogP contribution is -2.47. The fourth-order valence-electron chi connectivity index (χ4n) is 3.20. The number of benzene rings is 1. The minimum absolute atomic E-state index is 0.180. The molecule has 2 amide bonds. The van der Waals surface area contributed by atoms with E-state index in [0.29, 0.717) is 44.2 Å². The van der Waals surface area contributed by atoms with E-state index in [-0.39, 0.29) is 18.2 Å². The molecule has 1 aromatic rings. The summed E-state index contributed by atoms with van der Waals surface area (Å²) in [7, 11) is 0. The Hall–Kier alpha value is -2.25. The van der Waals surface area contributed by atoms with Crippen LogP contribution in [0.15, 0.2) is 24.3 Å². The molecule has 1 aromatic carbocycles. The lowest BCUT2D eigenvalue weighted by molar-refractivity contribution is -0.123. The summed E-state index contributed by atoms with van der Waals surface area (Å²) in [4.78, 5) is 40.3. The average Bonchev–Trinajstić information content (AvgIpc) is 2.97. The molecule has 2 aliphatic heterocycles. The molecule has 0 aromatic heterocycles. The fourth-order valence-corrected chi connectivity index (χ4v) is 3.20. The van der Waals surface area contributed by atoms with Gasteiger partial charge in [0, 0.05) is 13.1 Å². The van der Waals surface area contributed by atoms with Crippen LogP contribution in [-0.2, 0) is 19.1 Å². The molecular weight excluding hydrogens is 336 g/mol. The van der Waals surface area contributed by atoms with Crippen LogP contribution in [-0.4, -0.2) is 61.6 Å². The lowest BCUT2D eigenvalue weighted by atomic mass is 10.2. The van der Waals surface area contributed by atoms with Crippen LogP contribution in [0.1, 0.15) is 36.5 Å². The summed E-state index contributed by atoms with van der Waals surface area (Å²) in [6, 6.07) is 5.99. The van der Waals surface area contributed by atoms with Crippen molar-refractivity contribution in [3.63, 3.8) is 0 Å². The first-order valence-corrected chi connectivity index (χ1v) is 9.07. The summed E-state index contributed by atoms with van der Waals surface area (Å²) in [5.41, 5.74) is 0.898. The van der Waals surface area contributed by atoms with Crippen molar-refractivity contribution in [1.29, 1.82) is 0 Å². The Balaban J connectivity index is 1.67. The molecule has 1 atom stereocenters. The Morgan fingerprint density at radius 3 is 2.54 bits per heavy atom. The zero-order valence-electron chi connectivity index (χ0n) is 15.0. The number of morpholine rings is 1. The van der Waals surface area contributed by atoms with Gasteiger partial charge in [0.05, 0.1) is 43.5 Å². The Kier molecular flexibility index (Phi) is 6.00. The summed E-state index contributed by atoms with van der Waals surface area (Å²) in [5, 5.41) is 0. The first-order chi connectivity index (χ1) is 12.6. The molecule has 7 heteroatoms. The average molecular weight is 360 g/mol. The van der Waals surface area contributed by atoms with E-state index in [1.54, 1.807) is 24.3 Å². The minimum Gasteiger partial charge on any atom is -0.462 e. The van der Waals surface area contributed by atoms with Gasteiger partial charge in [0.15, 0.2) is 0 Å². The largest absolute Gasteiger partial charge is 0.462 e. The number of amides is 2. The van der Waals surface area contributed by atoms with E-state index in [0.717, 1.165) is 12.8 Å². The number of imide groups is 1. The number of anilines is 1. The number of unbranched alkanes of at least 4 members (excludes halogenated alkanes) is 1. The Labute approximate surface area is 152 Å². The number of rotatable bonds is 6. The lowest BCUT2D eigenvalue weighted by Gasteiger charge is -2.30. The van der Waals surface area contributed by atoms with E-state index in [1.165, 1.54) is 4.90 Å². The van der Waals surface area contributed by atoms with Gasteiger partial charge in [0.1, 0.15) is 0 Å². The van der Waals surface area contributed by atoms with Crippen molar-refractivity contribution in [1.82, 2.24) is 4.90 Å². The quantitative estimate of drug-likeness (QED) is 0.436. The molecule has 2 fully saturated rings. The van der Waals surface area contributed by atoms with Gasteiger partial charge in [0.25, 0.3) is 5.91 Å². The molecule has 0 aliphatic carbocycles. The summed E-state index contributed by atoms with van der Waals surface area (Å²) < 4.78 is 10.5. The first-order valence-electron chi connectivity index (χ1n) is 9.07. The second kappa shape index (κ2) is 8.42. The van der Waals surface area contributed by atoms with E-state index in [4.69, 9.17) is 9.47 Å². The predicted octanol–water partition coefficient (Wildman–Crippen LogP) is 1.61. The van der Waals surface area contributed by atoms with Crippen molar-refractivity contribution < 1.29 is 23.9 Å². The third kappa shape index (κ3) is 3.94. The molecule has 0 bridgehead atoms. The number of nitrogens with zero attached hydrogens (tertiary/aromatic N) is 2. The maximum Gasteiger partial charge on any atom is 0.338 e. The highest BCUT2D eigenvalue weighted by Gasteiger charge is 2.42. The third-order valence-electron chi connectivity index (χ3n) is 4.70. The SMILES string of the molecule is CCCCOC(=O)c1ccc(N2C(=O)C[C@@H](N3CCOCC3)C2=O)cc1. The van der Waals surface area contributed by atoms with Crippen LogP contribution in [0.4, 0.5) is 5.69 Å². The Morgan fingerprint density at radius 1 is 1.19 bits per heavy atom. The molecule has 2 heterocycles. The predicted molar refractivity (Wildman–Crippen MR) is 94.9 cm³/mol. The molecule has 0 unspecified atom stereocenters. The van der Waals surface area contributed by atoms with Crippen LogP contribution >= 0.6 is 0 Å². The van der Waals surface area contributed by atoms with Gasteiger partial charge in [-0.15, -0.1) is 0 Å². The smallest absolute Gasteiger partial charge is 0.338 e. The zero-order valence-corrected chi connectivity index (χ0v) is 15.0. The van der Waals surface area contributed by atoms with Gasteiger partial charge in [0.2, 0.25) is 5.91 Å². The van der Waals surface area contributed by atoms with Gasteiger partial charge < -0.3 is 9.47 Å². The molecule has 2 aliphatic rings. The van der Waals surface area contributed by atoms with Crippen LogP contribution in [0.25, 0.3) is 0 Å². The molecule has 0 saturated carbocycles. The van der Waals surface area contributed by atoms with Crippen LogP contribution < -0.4 is 4.90 Å². The van der Waals surface area contributed by atoms with Crippen molar-refractivity contribution in [2.24, 2.45) is 0 Å². The van der Waals surface area contributed by atoms with Crippen LogP contribution in [0.3, 0.4) is 0 Å². The summed E-state index contributed by atoms with van der Waals surface area (Å²) in [6.07, 6.45) is 1.96. The third-order valence-corrected chi connectivity index (χ3v) is 4.70. The van der Waals surface area contributed by atoms with Crippen LogP contribution in [0, 0.1) is 0 Å². The molecule has 7 nitrogen and oxygen atoms in total. The highest BCUT2D eigenvalue weighted by atomic mass is 16.5. The number of carbonyl (C=O) groups is 3. The second-order valence-electron chi connectivity index (χ2n) is 6.47. The Bertz CT molecular complexity index is 667. The normalized spacial score (nSPS) is 21.3. The summed E-state index contributed by atoms with van der Waals surface area (Å²) in [5.74, 6) is -0.824. The van der Waals surface area contributed by atoms with Crippen LogP contribution in [0.5, 0.6) is 0 Å². The molecule has 0 spiro atoms. The monoisotopic (exact) mass is 360 g/mol. The fraction of sp³-hybridized carbons (Fsp3) is 0.526. The molecule has 2 saturated heterocycles. The maximum absolute atomic E-state index is 12.7. The maximum atomic E-state index is 12.7. The van der Waals surface area contributed by atoms with E-state index >= 15 is 0 Å². The Morgan fingerprint density at radius 2 is 1.88 bits per heavy atom. The molecule has 140 valence electrons. The van der Waals surface area contributed by atoms with Crippen molar-refractivity contribution in [2.45, 2.75) is 32.2 Å². The van der Waals surface area contributed by atoms with E-state index in [2.05, 4.69) is 0 Å². The van der Waals surface area contributed by atoms with Crippen molar-refractivity contribution in [3.8, 4) is 0 Å². The molecule has 3 rings (SSSR count). The van der Waals surface area contributed by atoms with Gasteiger partial charge in [-0.25, -0.2) is 9.69 Å². The highest BCUT2D eigenvalue weighted by molar-refractivity contribution is 6.22. The summed E-state index contributed by atoms with van der Waals surface area (Å²) >= 11 is 0. The number of hydrogen-bond donors (Lipinski definition) is 0. The second-order valence-corrected chi connectivity index (χ2v) is 6.47. The topological polar surface area (TPSA) is 76.2 Å².